The second kappa shape index (κ2) is 6.34. The Hall–Kier alpha value is -2.64. The van der Waals surface area contributed by atoms with Crippen molar-refractivity contribution in [3.63, 3.8) is 0 Å². The van der Waals surface area contributed by atoms with E-state index in [1.54, 1.807) is 0 Å². The van der Waals surface area contributed by atoms with Crippen LogP contribution in [0.3, 0.4) is 0 Å². The molecular formula is C11H12N2O6. The van der Waals surface area contributed by atoms with E-state index in [1.165, 1.54) is 25.4 Å². The lowest BCUT2D eigenvalue weighted by Crippen LogP contribution is -2.39. The number of carboxylic acids is 2. The van der Waals surface area contributed by atoms with E-state index in [-0.39, 0.29) is 11.4 Å². The smallest absolute Gasteiger partial charge is 0.323 e. The predicted octanol–water partition coefficient (Wildman–Crippen LogP) is -0.298. The molecule has 8 nitrogen and oxygen atoms in total. The van der Waals surface area contributed by atoms with Crippen molar-refractivity contribution in [2.24, 2.45) is 0 Å². The maximum absolute atomic E-state index is 12.1. The summed E-state index contributed by atoms with van der Waals surface area (Å²) in [6, 6.07) is 2.85. The largest absolute Gasteiger partial charge is 0.480 e. The number of hydrogen-bond donors (Lipinski definition) is 2. The third-order valence-electron chi connectivity index (χ3n) is 2.13. The molecule has 0 bridgehead atoms. The summed E-state index contributed by atoms with van der Waals surface area (Å²) in [4.78, 5) is 37.8. The summed E-state index contributed by atoms with van der Waals surface area (Å²) in [6.07, 6.45) is 1.40. The Morgan fingerprint density at radius 2 is 1.84 bits per heavy atom. The highest BCUT2D eigenvalue weighted by molar-refractivity contribution is 5.99. The summed E-state index contributed by atoms with van der Waals surface area (Å²) in [5.41, 5.74) is 0.00694. The van der Waals surface area contributed by atoms with E-state index < -0.39 is 30.9 Å². The van der Waals surface area contributed by atoms with E-state index in [0.29, 0.717) is 4.90 Å². The molecule has 2 N–H and O–H groups in total. The van der Waals surface area contributed by atoms with Crippen LogP contribution in [0.2, 0.25) is 0 Å². The maximum Gasteiger partial charge on any atom is 0.323 e. The monoisotopic (exact) mass is 268 g/mol. The van der Waals surface area contributed by atoms with Crippen molar-refractivity contribution in [2.75, 3.05) is 20.2 Å². The Labute approximate surface area is 108 Å². The molecule has 8 heteroatoms. The lowest BCUT2D eigenvalue weighted by molar-refractivity contribution is -0.140. The maximum atomic E-state index is 12.1. The molecule has 0 aliphatic rings. The number of carboxylic acid groups (broad SMARTS) is 2. The van der Waals surface area contributed by atoms with Gasteiger partial charge in [-0.05, 0) is 12.1 Å². The third-order valence-corrected chi connectivity index (χ3v) is 2.13. The van der Waals surface area contributed by atoms with Crippen LogP contribution in [0.15, 0.2) is 18.3 Å². The van der Waals surface area contributed by atoms with Crippen molar-refractivity contribution < 1.29 is 29.3 Å². The SMILES string of the molecule is COc1ncccc1C(=O)N(CC(=O)O)CC(=O)O. The summed E-state index contributed by atoms with van der Waals surface area (Å²) in [5, 5.41) is 17.4. The second-order valence-corrected chi connectivity index (χ2v) is 3.51. The molecule has 1 rings (SSSR count). The van der Waals surface area contributed by atoms with E-state index in [2.05, 4.69) is 4.98 Å². The Kier molecular flexibility index (Phi) is 4.81. The topological polar surface area (TPSA) is 117 Å². The second-order valence-electron chi connectivity index (χ2n) is 3.51. The van der Waals surface area contributed by atoms with Gasteiger partial charge in [0.1, 0.15) is 18.7 Å². The molecule has 0 saturated carbocycles. The Balaban J connectivity index is 3.04. The van der Waals surface area contributed by atoms with Crippen molar-refractivity contribution >= 4 is 17.8 Å². The normalized spacial score (nSPS) is 9.74. The van der Waals surface area contributed by atoms with E-state index >= 15 is 0 Å². The molecule has 0 radical (unpaired) electrons. The van der Waals surface area contributed by atoms with Gasteiger partial charge in [-0.2, -0.15) is 0 Å². The van der Waals surface area contributed by atoms with E-state index in [1.807, 2.05) is 0 Å². The molecule has 0 fully saturated rings. The molecule has 0 spiro atoms. The fourth-order valence-corrected chi connectivity index (χ4v) is 1.41. The first kappa shape index (κ1) is 14.4. The van der Waals surface area contributed by atoms with E-state index in [4.69, 9.17) is 14.9 Å². The first-order valence-electron chi connectivity index (χ1n) is 5.17. The zero-order chi connectivity index (χ0) is 14.4. The molecule has 0 saturated heterocycles. The first-order valence-corrected chi connectivity index (χ1v) is 5.17. The number of methoxy groups -OCH3 is 1. The third kappa shape index (κ3) is 3.95. The Morgan fingerprint density at radius 3 is 2.32 bits per heavy atom. The number of carbonyl (C=O) groups excluding carboxylic acids is 1. The highest BCUT2D eigenvalue weighted by Gasteiger charge is 2.24. The molecule has 1 heterocycles. The zero-order valence-corrected chi connectivity index (χ0v) is 10.1. The number of aliphatic carboxylic acids is 2. The highest BCUT2D eigenvalue weighted by atomic mass is 16.5. The molecule has 0 aliphatic heterocycles. The van der Waals surface area contributed by atoms with Gasteiger partial charge in [-0.3, -0.25) is 14.4 Å². The quantitative estimate of drug-likeness (QED) is 0.727. The molecule has 0 aliphatic carbocycles. The van der Waals surface area contributed by atoms with Gasteiger partial charge in [0.15, 0.2) is 0 Å². The lowest BCUT2D eigenvalue weighted by atomic mass is 10.2. The van der Waals surface area contributed by atoms with Gasteiger partial charge in [0.05, 0.1) is 7.11 Å². The number of pyridine rings is 1. The summed E-state index contributed by atoms with van der Waals surface area (Å²) in [6.45, 7) is -1.44. The number of hydrogen-bond acceptors (Lipinski definition) is 5. The summed E-state index contributed by atoms with van der Waals surface area (Å²) in [5.74, 6) is -3.38. The number of amides is 1. The van der Waals surface area contributed by atoms with Crippen LogP contribution in [0.5, 0.6) is 5.88 Å². The van der Waals surface area contributed by atoms with Crippen molar-refractivity contribution in [3.05, 3.63) is 23.9 Å². The van der Waals surface area contributed by atoms with Crippen molar-refractivity contribution in [1.29, 1.82) is 0 Å². The van der Waals surface area contributed by atoms with Crippen LogP contribution in [0.25, 0.3) is 0 Å². The van der Waals surface area contributed by atoms with Crippen molar-refractivity contribution in [2.45, 2.75) is 0 Å². The molecule has 0 aromatic carbocycles. The van der Waals surface area contributed by atoms with Crippen LogP contribution in [0.4, 0.5) is 0 Å². The van der Waals surface area contributed by atoms with Crippen LogP contribution < -0.4 is 4.74 Å². The van der Waals surface area contributed by atoms with Crippen molar-refractivity contribution in [3.8, 4) is 5.88 Å². The first-order chi connectivity index (χ1) is 8.95. The summed E-state index contributed by atoms with van der Waals surface area (Å²) in [7, 11) is 1.30. The van der Waals surface area contributed by atoms with Gasteiger partial charge < -0.3 is 19.8 Å². The molecular weight excluding hydrogens is 256 g/mol. The van der Waals surface area contributed by atoms with Crippen molar-refractivity contribution in [1.82, 2.24) is 9.88 Å². The molecule has 0 unspecified atom stereocenters. The number of carbonyl (C=O) groups is 3. The van der Waals surface area contributed by atoms with Crippen LogP contribution >= 0.6 is 0 Å². The van der Waals surface area contributed by atoms with Crippen LogP contribution in [0.1, 0.15) is 10.4 Å². The number of aromatic nitrogens is 1. The fourth-order valence-electron chi connectivity index (χ4n) is 1.41. The number of rotatable bonds is 6. The summed E-state index contributed by atoms with van der Waals surface area (Å²) < 4.78 is 4.87. The van der Waals surface area contributed by atoms with Crippen LogP contribution in [-0.4, -0.2) is 58.1 Å². The van der Waals surface area contributed by atoms with Crippen LogP contribution in [-0.2, 0) is 9.59 Å². The Morgan fingerprint density at radius 1 is 1.26 bits per heavy atom. The molecule has 1 aromatic heterocycles. The molecule has 102 valence electrons. The van der Waals surface area contributed by atoms with E-state index in [9.17, 15) is 14.4 Å². The fraction of sp³-hybridized carbons (Fsp3) is 0.273. The van der Waals surface area contributed by atoms with Gasteiger partial charge in [-0.1, -0.05) is 0 Å². The predicted molar refractivity (Wildman–Crippen MR) is 62.0 cm³/mol. The molecule has 1 aromatic rings. The number of nitrogens with zero attached hydrogens (tertiary/aromatic N) is 2. The Bertz CT molecular complexity index is 486. The molecule has 1 amide bonds. The standard InChI is InChI=1S/C11H12N2O6/c1-19-10-7(3-2-4-12-10)11(18)13(5-8(14)15)6-9(16)17/h2-4H,5-6H2,1H3,(H,14,15)(H,16,17). The van der Waals surface area contributed by atoms with Gasteiger partial charge in [-0.15, -0.1) is 0 Å². The molecule has 0 atom stereocenters. The highest BCUT2D eigenvalue weighted by Crippen LogP contribution is 2.16. The lowest BCUT2D eigenvalue weighted by Gasteiger charge is -2.19. The molecule has 19 heavy (non-hydrogen) atoms. The van der Waals surface area contributed by atoms with Gasteiger partial charge >= 0.3 is 11.9 Å². The summed E-state index contributed by atoms with van der Waals surface area (Å²) >= 11 is 0. The van der Waals surface area contributed by atoms with Gasteiger partial charge in [-0.25, -0.2) is 4.98 Å². The van der Waals surface area contributed by atoms with Gasteiger partial charge in [0.25, 0.3) is 5.91 Å². The minimum Gasteiger partial charge on any atom is -0.480 e. The van der Waals surface area contributed by atoms with E-state index in [0.717, 1.165) is 0 Å². The minimum absolute atomic E-state index is 0.00694. The zero-order valence-electron chi connectivity index (χ0n) is 10.1. The number of ether oxygens (including phenoxy) is 1. The average molecular weight is 268 g/mol. The van der Waals surface area contributed by atoms with Crippen LogP contribution in [0, 0.1) is 0 Å². The average Bonchev–Trinajstić information content (AvgIpc) is 2.36. The van der Waals surface area contributed by atoms with Gasteiger partial charge in [0.2, 0.25) is 5.88 Å². The minimum atomic E-state index is -1.31. The van der Waals surface area contributed by atoms with Gasteiger partial charge in [0, 0.05) is 6.20 Å².